The zero-order valence-electron chi connectivity index (χ0n) is 17.2. The molecule has 32 heavy (non-hydrogen) atoms. The average molecular weight is 445 g/mol. The molecule has 7 heteroatoms. The Morgan fingerprint density at radius 1 is 1.19 bits per heavy atom. The first-order chi connectivity index (χ1) is 15.6. The standard InChI is InChI=1S/C25H21FN4OS/c26-15-9-10-18-17(11-15)16-7-4-8-20(23(16)28-18)30-12-21(31)22(24(30)27)25-29-19(13-32-25)14-5-2-1-3-6-14/h1-3,5-6,9-11,13,20,27-28,31H,4,7-8,12H2/t20-/m1/s1. The van der Waals surface area contributed by atoms with Crippen LogP contribution in [0.1, 0.15) is 35.1 Å². The summed E-state index contributed by atoms with van der Waals surface area (Å²) in [6, 6.07) is 14.7. The van der Waals surface area contributed by atoms with Crippen LogP contribution in [0.3, 0.4) is 0 Å². The summed E-state index contributed by atoms with van der Waals surface area (Å²) in [6.45, 7) is 0.280. The van der Waals surface area contributed by atoms with Gasteiger partial charge in [-0.2, -0.15) is 0 Å². The number of halogens is 1. The van der Waals surface area contributed by atoms with Gasteiger partial charge in [0.15, 0.2) is 0 Å². The van der Waals surface area contributed by atoms with Crippen LogP contribution in [-0.4, -0.2) is 32.4 Å². The van der Waals surface area contributed by atoms with Crippen molar-refractivity contribution in [2.75, 3.05) is 6.54 Å². The van der Waals surface area contributed by atoms with Gasteiger partial charge in [0.2, 0.25) is 0 Å². The maximum Gasteiger partial charge on any atom is 0.135 e. The molecule has 0 radical (unpaired) electrons. The monoisotopic (exact) mass is 444 g/mol. The van der Waals surface area contributed by atoms with Crippen molar-refractivity contribution < 1.29 is 9.50 Å². The number of aliphatic hydroxyl groups is 1. The lowest BCUT2D eigenvalue weighted by Crippen LogP contribution is -2.33. The van der Waals surface area contributed by atoms with Gasteiger partial charge in [-0.1, -0.05) is 30.3 Å². The Balaban J connectivity index is 1.34. The van der Waals surface area contributed by atoms with Crippen LogP contribution >= 0.6 is 11.3 Å². The van der Waals surface area contributed by atoms with E-state index in [1.54, 1.807) is 12.1 Å². The number of H-pyrrole nitrogens is 1. The zero-order chi connectivity index (χ0) is 21.8. The maximum absolute atomic E-state index is 13.9. The molecule has 1 atom stereocenters. The Hall–Kier alpha value is -3.45. The van der Waals surface area contributed by atoms with Crippen molar-refractivity contribution in [1.29, 1.82) is 5.41 Å². The number of aromatic nitrogens is 2. The first-order valence-electron chi connectivity index (χ1n) is 10.7. The molecule has 5 nitrogen and oxygen atoms in total. The lowest BCUT2D eigenvalue weighted by molar-refractivity contribution is 0.271. The Kier molecular flexibility index (Phi) is 4.40. The van der Waals surface area contributed by atoms with Crippen LogP contribution in [0.2, 0.25) is 0 Å². The third-order valence-electron chi connectivity index (χ3n) is 6.44. The fourth-order valence-corrected chi connectivity index (χ4v) is 5.84. The Morgan fingerprint density at radius 3 is 2.88 bits per heavy atom. The zero-order valence-corrected chi connectivity index (χ0v) is 18.0. The van der Waals surface area contributed by atoms with E-state index in [9.17, 15) is 9.50 Å². The van der Waals surface area contributed by atoms with Gasteiger partial charge in [-0.05, 0) is 43.0 Å². The van der Waals surface area contributed by atoms with Crippen molar-refractivity contribution in [3.8, 4) is 11.3 Å². The summed E-state index contributed by atoms with van der Waals surface area (Å²) < 4.78 is 13.9. The largest absolute Gasteiger partial charge is 0.510 e. The smallest absolute Gasteiger partial charge is 0.135 e. The highest BCUT2D eigenvalue weighted by Gasteiger charge is 2.38. The fourth-order valence-electron chi connectivity index (χ4n) is 4.94. The van der Waals surface area contributed by atoms with Gasteiger partial charge in [0, 0.05) is 27.5 Å². The number of aryl methyl sites for hydroxylation is 1. The predicted molar refractivity (Wildman–Crippen MR) is 125 cm³/mol. The van der Waals surface area contributed by atoms with Gasteiger partial charge in [0.1, 0.15) is 22.4 Å². The highest BCUT2D eigenvalue weighted by atomic mass is 32.1. The number of benzene rings is 2. The van der Waals surface area contributed by atoms with Crippen LogP contribution in [0.4, 0.5) is 4.39 Å². The number of fused-ring (bicyclic) bond motifs is 3. The maximum atomic E-state index is 13.9. The second-order valence-electron chi connectivity index (χ2n) is 8.32. The molecule has 0 saturated carbocycles. The highest BCUT2D eigenvalue weighted by Crippen LogP contribution is 2.42. The average Bonchev–Trinajstić information content (AvgIpc) is 3.50. The van der Waals surface area contributed by atoms with Crippen molar-refractivity contribution in [3.05, 3.63) is 81.8 Å². The normalized spacial score (nSPS) is 18.6. The molecule has 0 fully saturated rings. The minimum Gasteiger partial charge on any atom is -0.510 e. The van der Waals surface area contributed by atoms with Gasteiger partial charge < -0.3 is 15.0 Å². The SMILES string of the molecule is N=C1C(c2nc(-c3ccccc3)cs2)=C(O)CN1[C@@H]1CCCc2c1[nH]c1ccc(F)cc21. The van der Waals surface area contributed by atoms with Gasteiger partial charge in [-0.25, -0.2) is 9.37 Å². The molecule has 1 aliphatic carbocycles. The summed E-state index contributed by atoms with van der Waals surface area (Å²) in [6.07, 6.45) is 2.71. The second kappa shape index (κ2) is 7.31. The molecule has 0 spiro atoms. The molecule has 3 N–H and O–H groups in total. The number of thiazole rings is 1. The first kappa shape index (κ1) is 19.3. The molecule has 2 aromatic heterocycles. The van der Waals surface area contributed by atoms with Crippen LogP contribution in [0.25, 0.3) is 27.7 Å². The van der Waals surface area contributed by atoms with E-state index in [1.165, 1.54) is 17.4 Å². The molecule has 0 bridgehead atoms. The van der Waals surface area contributed by atoms with E-state index in [0.717, 1.165) is 52.7 Å². The quantitative estimate of drug-likeness (QED) is 0.359. The van der Waals surface area contributed by atoms with Gasteiger partial charge in [0.25, 0.3) is 0 Å². The summed E-state index contributed by atoms with van der Waals surface area (Å²) in [5, 5.41) is 23.3. The van der Waals surface area contributed by atoms with Crippen LogP contribution in [-0.2, 0) is 6.42 Å². The Labute approximate surface area is 188 Å². The van der Waals surface area contributed by atoms with E-state index in [4.69, 9.17) is 10.4 Å². The van der Waals surface area contributed by atoms with Crippen LogP contribution < -0.4 is 0 Å². The summed E-state index contributed by atoms with van der Waals surface area (Å²) >= 11 is 1.44. The van der Waals surface area contributed by atoms with Gasteiger partial charge in [-0.3, -0.25) is 5.41 Å². The van der Waals surface area contributed by atoms with E-state index in [0.29, 0.717) is 16.4 Å². The fraction of sp³-hybridized carbons (Fsp3) is 0.200. The minimum atomic E-state index is -0.241. The molecule has 2 aromatic carbocycles. The third-order valence-corrected chi connectivity index (χ3v) is 7.30. The number of nitrogens with one attached hydrogen (secondary N) is 2. The molecule has 0 amide bonds. The predicted octanol–water partition coefficient (Wildman–Crippen LogP) is 6.07. The number of hydrogen-bond acceptors (Lipinski definition) is 4. The highest BCUT2D eigenvalue weighted by molar-refractivity contribution is 7.11. The van der Waals surface area contributed by atoms with E-state index in [1.807, 2.05) is 40.6 Å². The molecule has 160 valence electrons. The Bertz CT molecular complexity index is 1390. The summed E-state index contributed by atoms with van der Waals surface area (Å²) in [4.78, 5) is 10.1. The van der Waals surface area contributed by atoms with Crippen molar-refractivity contribution in [2.45, 2.75) is 25.3 Å². The van der Waals surface area contributed by atoms with Crippen molar-refractivity contribution in [3.63, 3.8) is 0 Å². The summed E-state index contributed by atoms with van der Waals surface area (Å²) in [5.74, 6) is 0.229. The topological polar surface area (TPSA) is 76.0 Å². The molecule has 6 rings (SSSR count). The number of rotatable bonds is 3. The van der Waals surface area contributed by atoms with Gasteiger partial charge in [0.05, 0.1) is 23.9 Å². The Morgan fingerprint density at radius 2 is 2.03 bits per heavy atom. The van der Waals surface area contributed by atoms with Crippen LogP contribution in [0.15, 0.2) is 59.7 Å². The number of nitrogens with zero attached hydrogens (tertiary/aromatic N) is 2. The van der Waals surface area contributed by atoms with Crippen molar-refractivity contribution in [2.24, 2.45) is 0 Å². The second-order valence-corrected chi connectivity index (χ2v) is 9.18. The molecule has 2 aliphatic rings. The molecular weight excluding hydrogens is 423 g/mol. The molecular formula is C25H21FN4OS. The lowest BCUT2D eigenvalue weighted by Gasteiger charge is -2.32. The molecule has 0 saturated heterocycles. The van der Waals surface area contributed by atoms with E-state index in [-0.39, 0.29) is 24.2 Å². The van der Waals surface area contributed by atoms with Gasteiger partial charge >= 0.3 is 0 Å². The number of amidine groups is 1. The minimum absolute atomic E-state index is 0.0603. The van der Waals surface area contributed by atoms with E-state index in [2.05, 4.69) is 4.98 Å². The van der Waals surface area contributed by atoms with E-state index < -0.39 is 0 Å². The number of aliphatic hydroxyl groups excluding tert-OH is 1. The summed E-state index contributed by atoms with van der Waals surface area (Å²) in [5.41, 5.74) is 5.43. The molecule has 1 aliphatic heterocycles. The molecule has 0 unspecified atom stereocenters. The number of hydrogen-bond donors (Lipinski definition) is 3. The van der Waals surface area contributed by atoms with Crippen molar-refractivity contribution >= 4 is 33.6 Å². The van der Waals surface area contributed by atoms with Gasteiger partial charge in [-0.15, -0.1) is 11.3 Å². The van der Waals surface area contributed by atoms with Crippen LogP contribution in [0.5, 0.6) is 0 Å². The third kappa shape index (κ3) is 2.96. The van der Waals surface area contributed by atoms with Crippen molar-refractivity contribution in [1.82, 2.24) is 14.9 Å². The lowest BCUT2D eigenvalue weighted by atomic mass is 9.90. The van der Waals surface area contributed by atoms with Crippen LogP contribution in [0, 0.1) is 11.2 Å². The number of aromatic amines is 1. The van der Waals surface area contributed by atoms with E-state index >= 15 is 0 Å². The summed E-state index contributed by atoms with van der Waals surface area (Å²) in [7, 11) is 0. The molecule has 3 heterocycles. The first-order valence-corrected chi connectivity index (χ1v) is 11.6. The molecule has 4 aromatic rings.